The van der Waals surface area contributed by atoms with Crippen molar-refractivity contribution in [3.05, 3.63) is 46.4 Å². The van der Waals surface area contributed by atoms with Gasteiger partial charge in [-0.15, -0.1) is 0 Å². The van der Waals surface area contributed by atoms with E-state index >= 15 is 0 Å². The van der Waals surface area contributed by atoms with Crippen molar-refractivity contribution in [2.75, 3.05) is 19.8 Å². The summed E-state index contributed by atoms with van der Waals surface area (Å²) in [6.07, 6.45) is 3.59. The number of nitrogens with one attached hydrogen (secondary N) is 1. The molecule has 1 aromatic rings. The minimum Gasteiger partial charge on any atom is -0.381 e. The Morgan fingerprint density at radius 2 is 2.15 bits per heavy atom. The summed E-state index contributed by atoms with van der Waals surface area (Å²) in [7, 11) is 0. The number of nitrogens with zero attached hydrogens (tertiary/aromatic N) is 2. The van der Waals surface area contributed by atoms with Crippen molar-refractivity contribution in [3.63, 3.8) is 0 Å². The Kier molecular flexibility index (Phi) is 8.13. The molecule has 2 rings (SSSR count). The lowest BCUT2D eigenvalue weighted by molar-refractivity contribution is 0.0517. The largest absolute Gasteiger partial charge is 0.381 e. The van der Waals surface area contributed by atoms with Gasteiger partial charge in [0.05, 0.1) is 10.6 Å². The molecular weight excluding hydrogens is 369 g/mol. The molecule has 1 fully saturated rings. The summed E-state index contributed by atoms with van der Waals surface area (Å²) in [5.41, 5.74) is 1.17. The zero-order valence-corrected chi connectivity index (χ0v) is 16.4. The number of rotatable bonds is 6. The lowest BCUT2D eigenvalue weighted by atomic mass is 9.81. The van der Waals surface area contributed by atoms with Gasteiger partial charge in [-0.05, 0) is 57.0 Å². The number of aliphatic imine (C=N–C) groups is 2. The number of halogens is 2. The number of benzene rings is 1. The van der Waals surface area contributed by atoms with Crippen LogP contribution in [0.3, 0.4) is 0 Å². The van der Waals surface area contributed by atoms with Crippen molar-refractivity contribution in [2.45, 2.75) is 26.7 Å². The van der Waals surface area contributed by atoms with E-state index in [-0.39, 0.29) is 16.5 Å². The van der Waals surface area contributed by atoms with Gasteiger partial charge in [0.15, 0.2) is 0 Å². The standard InChI is InChI=1S/C20H25ClFN3O2/c1-13(11-24-14(2)23-3)17(15-7-9-27-10-8-15)12-25-20(26)16-5-4-6-18(22)19(16)21/h4-6,11,15,17H,3,7-10,12H2,1-2H3,(H,25,26)/b13-11+,24-14?. The summed E-state index contributed by atoms with van der Waals surface area (Å²) in [6.45, 7) is 9.03. The lowest BCUT2D eigenvalue weighted by Crippen LogP contribution is -2.35. The maximum Gasteiger partial charge on any atom is 0.252 e. The summed E-state index contributed by atoms with van der Waals surface area (Å²) in [5, 5.41) is 2.73. The second-order valence-electron chi connectivity index (χ2n) is 6.58. The van der Waals surface area contributed by atoms with E-state index in [4.69, 9.17) is 16.3 Å². The number of hydrogen-bond donors (Lipinski definition) is 1. The molecule has 0 radical (unpaired) electrons. The molecule has 0 aromatic heterocycles. The van der Waals surface area contributed by atoms with Gasteiger partial charge in [-0.3, -0.25) is 4.79 Å². The third kappa shape index (κ3) is 5.97. The van der Waals surface area contributed by atoms with Crippen LogP contribution in [-0.4, -0.2) is 38.2 Å². The molecule has 1 amide bonds. The molecule has 0 saturated carbocycles. The summed E-state index contributed by atoms with van der Waals surface area (Å²) in [4.78, 5) is 20.5. The maximum absolute atomic E-state index is 13.6. The summed E-state index contributed by atoms with van der Waals surface area (Å²) in [5.74, 6) is 0.0348. The van der Waals surface area contributed by atoms with Crippen molar-refractivity contribution in [1.82, 2.24) is 5.32 Å². The average molecular weight is 394 g/mol. The van der Waals surface area contributed by atoms with Crippen LogP contribution >= 0.6 is 11.6 Å². The molecule has 1 aliphatic heterocycles. The predicted octanol–water partition coefficient (Wildman–Crippen LogP) is 4.27. The maximum atomic E-state index is 13.6. The molecule has 1 saturated heterocycles. The smallest absolute Gasteiger partial charge is 0.252 e. The van der Waals surface area contributed by atoms with Crippen LogP contribution in [0, 0.1) is 17.7 Å². The zero-order chi connectivity index (χ0) is 19.8. The second-order valence-corrected chi connectivity index (χ2v) is 6.95. The fraction of sp³-hybridized carbons (Fsp3) is 0.450. The van der Waals surface area contributed by atoms with Crippen LogP contribution in [0.2, 0.25) is 5.02 Å². The number of amides is 1. The highest BCUT2D eigenvalue weighted by atomic mass is 35.5. The van der Waals surface area contributed by atoms with Gasteiger partial charge < -0.3 is 10.1 Å². The fourth-order valence-electron chi connectivity index (χ4n) is 3.13. The van der Waals surface area contributed by atoms with Crippen molar-refractivity contribution in [3.8, 4) is 0 Å². The van der Waals surface area contributed by atoms with E-state index in [0.717, 1.165) is 18.4 Å². The molecule has 27 heavy (non-hydrogen) atoms. The molecule has 0 aliphatic carbocycles. The molecule has 7 heteroatoms. The van der Waals surface area contributed by atoms with E-state index < -0.39 is 11.7 Å². The van der Waals surface area contributed by atoms with E-state index in [1.54, 1.807) is 13.1 Å². The topological polar surface area (TPSA) is 63.0 Å². The number of carbonyl (C=O) groups is 1. The monoisotopic (exact) mass is 393 g/mol. The van der Waals surface area contributed by atoms with Crippen molar-refractivity contribution in [1.29, 1.82) is 0 Å². The van der Waals surface area contributed by atoms with E-state index in [2.05, 4.69) is 22.0 Å². The Morgan fingerprint density at radius 3 is 2.81 bits per heavy atom. The van der Waals surface area contributed by atoms with E-state index in [0.29, 0.717) is 31.5 Å². The van der Waals surface area contributed by atoms with E-state index in [9.17, 15) is 9.18 Å². The third-order valence-corrected chi connectivity index (χ3v) is 5.17. The van der Waals surface area contributed by atoms with Crippen molar-refractivity contribution >= 4 is 30.1 Å². The molecule has 146 valence electrons. The zero-order valence-electron chi connectivity index (χ0n) is 15.7. The Labute approximate surface area is 164 Å². The molecular formula is C20H25ClFN3O2. The van der Waals surface area contributed by atoms with Crippen LogP contribution in [0.4, 0.5) is 4.39 Å². The SMILES string of the molecule is C=NC(C)=N/C=C(\C)C(CNC(=O)c1cccc(F)c1Cl)C1CCOCC1. The highest BCUT2D eigenvalue weighted by Gasteiger charge is 2.26. The van der Waals surface area contributed by atoms with Gasteiger partial charge in [-0.1, -0.05) is 17.7 Å². The van der Waals surface area contributed by atoms with Gasteiger partial charge in [0.1, 0.15) is 11.7 Å². The first-order chi connectivity index (χ1) is 12.9. The molecule has 1 heterocycles. The molecule has 1 atom stereocenters. The van der Waals surface area contributed by atoms with Gasteiger partial charge in [0.25, 0.3) is 5.91 Å². The molecule has 5 nitrogen and oxygen atoms in total. The van der Waals surface area contributed by atoms with Crippen LogP contribution in [-0.2, 0) is 4.74 Å². The quantitative estimate of drug-likeness (QED) is 0.579. The highest BCUT2D eigenvalue weighted by Crippen LogP contribution is 2.29. The van der Waals surface area contributed by atoms with Gasteiger partial charge in [-0.2, -0.15) is 0 Å². The summed E-state index contributed by atoms with van der Waals surface area (Å²) in [6, 6.07) is 4.21. The Bertz CT molecular complexity index is 743. The summed E-state index contributed by atoms with van der Waals surface area (Å²) >= 11 is 5.92. The molecule has 1 N–H and O–H groups in total. The second kappa shape index (κ2) is 10.3. The Morgan fingerprint density at radius 1 is 1.44 bits per heavy atom. The first-order valence-corrected chi connectivity index (χ1v) is 9.29. The number of hydrogen-bond acceptors (Lipinski definition) is 3. The lowest BCUT2D eigenvalue weighted by Gasteiger charge is -2.31. The number of amidine groups is 1. The minimum absolute atomic E-state index is 0.0894. The highest BCUT2D eigenvalue weighted by molar-refractivity contribution is 6.34. The Hall–Kier alpha value is -2.05. The molecule has 1 aliphatic rings. The van der Waals surface area contributed by atoms with Crippen LogP contribution < -0.4 is 5.32 Å². The molecule has 1 aromatic carbocycles. The molecule has 1 unspecified atom stereocenters. The molecule has 0 spiro atoms. The van der Waals surface area contributed by atoms with Crippen LogP contribution in [0.1, 0.15) is 37.0 Å². The van der Waals surface area contributed by atoms with Gasteiger partial charge in [0.2, 0.25) is 0 Å². The van der Waals surface area contributed by atoms with Crippen molar-refractivity contribution < 1.29 is 13.9 Å². The van der Waals surface area contributed by atoms with Crippen LogP contribution in [0.25, 0.3) is 0 Å². The minimum atomic E-state index is -0.608. The number of carbonyl (C=O) groups excluding carboxylic acids is 1. The number of ether oxygens (including phenoxy) is 1. The van der Waals surface area contributed by atoms with E-state index in [1.165, 1.54) is 18.2 Å². The van der Waals surface area contributed by atoms with Gasteiger partial charge in [0, 0.05) is 31.9 Å². The first kappa shape index (κ1) is 21.3. The Balaban J connectivity index is 2.14. The third-order valence-electron chi connectivity index (χ3n) is 4.78. The molecule has 0 bridgehead atoms. The predicted molar refractivity (Wildman–Crippen MR) is 107 cm³/mol. The van der Waals surface area contributed by atoms with E-state index in [1.807, 2.05) is 6.92 Å². The average Bonchev–Trinajstić information content (AvgIpc) is 2.68. The normalized spacial score (nSPS) is 17.5. The van der Waals surface area contributed by atoms with Crippen molar-refractivity contribution in [2.24, 2.45) is 21.8 Å². The van der Waals surface area contributed by atoms with Gasteiger partial charge in [-0.25, -0.2) is 14.4 Å². The van der Waals surface area contributed by atoms with Crippen LogP contribution in [0.5, 0.6) is 0 Å². The first-order valence-electron chi connectivity index (χ1n) is 8.91. The fourth-order valence-corrected chi connectivity index (χ4v) is 3.34. The summed E-state index contributed by atoms with van der Waals surface area (Å²) < 4.78 is 19.1. The van der Waals surface area contributed by atoms with Crippen LogP contribution in [0.15, 0.2) is 40.0 Å². The van der Waals surface area contributed by atoms with Gasteiger partial charge >= 0.3 is 0 Å².